The van der Waals surface area contributed by atoms with E-state index in [-0.39, 0.29) is 30.7 Å². The number of anilines is 1. The highest BCUT2D eigenvalue weighted by atomic mass is 35.5. The lowest BCUT2D eigenvalue weighted by molar-refractivity contribution is -0.122. The van der Waals surface area contributed by atoms with Crippen molar-refractivity contribution >= 4 is 48.3 Å². The molecule has 0 radical (unpaired) electrons. The first kappa shape index (κ1) is 23.6. The highest BCUT2D eigenvalue weighted by molar-refractivity contribution is 7.98. The summed E-state index contributed by atoms with van der Waals surface area (Å²) in [6, 6.07) is 3.57. The summed E-state index contributed by atoms with van der Waals surface area (Å²) in [5.41, 5.74) is 6.91. The number of pyridine rings is 1. The van der Waals surface area contributed by atoms with E-state index >= 15 is 0 Å². The average molecular weight is 369 g/mol. The Labute approximate surface area is 149 Å². The fourth-order valence-electron chi connectivity index (χ4n) is 1.60. The number of amides is 1. The van der Waals surface area contributed by atoms with Gasteiger partial charge in [0, 0.05) is 19.3 Å². The molecule has 5 nitrogen and oxygen atoms in total. The number of carbonyl (C=O) groups is 1. The van der Waals surface area contributed by atoms with Gasteiger partial charge in [-0.3, -0.25) is 4.79 Å². The Morgan fingerprint density at radius 2 is 2.09 bits per heavy atom. The molecule has 0 aliphatic rings. The molecule has 0 saturated heterocycles. The third-order valence-electron chi connectivity index (χ3n) is 2.84. The van der Waals surface area contributed by atoms with Crippen LogP contribution in [-0.2, 0) is 4.79 Å². The first-order valence-electron chi connectivity index (χ1n) is 6.82. The molecule has 0 bridgehead atoms. The Balaban J connectivity index is 0. The van der Waals surface area contributed by atoms with E-state index in [0.717, 1.165) is 36.5 Å². The summed E-state index contributed by atoms with van der Waals surface area (Å²) in [5.74, 6) is 1.71. The van der Waals surface area contributed by atoms with Crippen molar-refractivity contribution in [3.05, 3.63) is 23.9 Å². The number of carbonyl (C=O) groups excluding carboxylic acids is 1. The van der Waals surface area contributed by atoms with Crippen molar-refractivity contribution in [3.8, 4) is 0 Å². The molecule has 1 aromatic heterocycles. The summed E-state index contributed by atoms with van der Waals surface area (Å²) in [5, 5.41) is 6.07. The Morgan fingerprint density at radius 1 is 1.36 bits per heavy atom. The van der Waals surface area contributed by atoms with E-state index in [2.05, 4.69) is 15.6 Å². The molecule has 0 unspecified atom stereocenters. The van der Waals surface area contributed by atoms with Gasteiger partial charge in [0.15, 0.2) is 0 Å². The van der Waals surface area contributed by atoms with Gasteiger partial charge in [-0.25, -0.2) is 4.98 Å². The first-order chi connectivity index (χ1) is 9.63. The number of aryl methyl sites for hydroxylation is 1. The summed E-state index contributed by atoms with van der Waals surface area (Å²) in [4.78, 5) is 15.9. The first-order valence-corrected chi connectivity index (χ1v) is 8.21. The molecule has 1 rings (SSSR count). The van der Waals surface area contributed by atoms with Gasteiger partial charge >= 0.3 is 0 Å². The molecule has 1 amide bonds. The standard InChI is InChI=1S/C14H24N4OS.2ClH/c1-11-4-5-13(18-10-11)16-7-3-8-17-14(19)12(15)6-9-20-2;;/h4-5,10,12H,3,6-9,15H2,1-2H3,(H,16,18)(H,17,19);2*1H/t12-;;/m0../s1. The number of halogens is 2. The normalized spacial score (nSPS) is 10.9. The molecular formula is C14H26Cl2N4OS. The predicted octanol–water partition coefficient (Wildman–Crippen LogP) is 2.23. The van der Waals surface area contributed by atoms with Gasteiger partial charge in [0.2, 0.25) is 5.91 Å². The molecule has 4 N–H and O–H groups in total. The molecule has 0 fully saturated rings. The topological polar surface area (TPSA) is 80.0 Å². The Morgan fingerprint density at radius 3 is 2.68 bits per heavy atom. The Bertz CT molecular complexity index is 406. The Kier molecular flexibility index (Phi) is 14.9. The summed E-state index contributed by atoms with van der Waals surface area (Å²) < 4.78 is 0. The molecule has 1 heterocycles. The number of nitrogens with zero attached hydrogens (tertiary/aromatic N) is 1. The summed E-state index contributed by atoms with van der Waals surface area (Å²) >= 11 is 1.70. The van der Waals surface area contributed by atoms with Gasteiger partial charge in [-0.05, 0) is 43.4 Å². The van der Waals surface area contributed by atoms with Crippen LogP contribution < -0.4 is 16.4 Å². The van der Waals surface area contributed by atoms with Crippen LogP contribution in [0.25, 0.3) is 0 Å². The third-order valence-corrected chi connectivity index (χ3v) is 3.48. The number of hydrogen-bond acceptors (Lipinski definition) is 5. The van der Waals surface area contributed by atoms with Crippen molar-refractivity contribution in [3.63, 3.8) is 0 Å². The minimum absolute atomic E-state index is 0. The molecule has 0 aliphatic heterocycles. The van der Waals surface area contributed by atoms with Crippen LogP contribution in [0.3, 0.4) is 0 Å². The molecule has 22 heavy (non-hydrogen) atoms. The van der Waals surface area contributed by atoms with Crippen molar-refractivity contribution in [1.82, 2.24) is 10.3 Å². The van der Waals surface area contributed by atoms with Gasteiger partial charge in [0.1, 0.15) is 5.82 Å². The minimum Gasteiger partial charge on any atom is -0.370 e. The number of aromatic nitrogens is 1. The third kappa shape index (κ3) is 10.1. The fourth-order valence-corrected chi connectivity index (χ4v) is 2.09. The molecule has 0 spiro atoms. The molecule has 8 heteroatoms. The van der Waals surface area contributed by atoms with Crippen LogP contribution in [0, 0.1) is 6.92 Å². The molecule has 1 aromatic rings. The zero-order valence-corrected chi connectivity index (χ0v) is 15.5. The quantitative estimate of drug-likeness (QED) is 0.582. The summed E-state index contributed by atoms with van der Waals surface area (Å²) in [6.07, 6.45) is 5.40. The van der Waals surface area contributed by atoms with Gasteiger partial charge in [0.25, 0.3) is 0 Å². The highest BCUT2D eigenvalue weighted by Crippen LogP contribution is 2.03. The van der Waals surface area contributed by atoms with Crippen LogP contribution in [0.5, 0.6) is 0 Å². The van der Waals surface area contributed by atoms with Gasteiger partial charge in [-0.1, -0.05) is 6.07 Å². The van der Waals surface area contributed by atoms with Gasteiger partial charge in [-0.2, -0.15) is 11.8 Å². The minimum atomic E-state index is -0.394. The maximum Gasteiger partial charge on any atom is 0.236 e. The van der Waals surface area contributed by atoms with Crippen LogP contribution in [0.15, 0.2) is 18.3 Å². The summed E-state index contributed by atoms with van der Waals surface area (Å²) in [6.45, 7) is 3.41. The van der Waals surface area contributed by atoms with E-state index in [0.29, 0.717) is 6.54 Å². The second kappa shape index (κ2) is 13.9. The number of hydrogen-bond donors (Lipinski definition) is 3. The monoisotopic (exact) mass is 368 g/mol. The van der Waals surface area contributed by atoms with Crippen molar-refractivity contribution in [2.45, 2.75) is 25.8 Å². The SMILES string of the molecule is CSCC[C@H](N)C(=O)NCCCNc1ccc(C)cn1.Cl.Cl. The number of thioether (sulfide) groups is 1. The second-order valence-corrected chi connectivity index (χ2v) is 5.67. The zero-order chi connectivity index (χ0) is 14.8. The average Bonchev–Trinajstić information content (AvgIpc) is 2.46. The van der Waals surface area contributed by atoms with E-state index in [1.807, 2.05) is 31.5 Å². The largest absolute Gasteiger partial charge is 0.370 e. The maximum absolute atomic E-state index is 11.6. The van der Waals surface area contributed by atoms with Crippen molar-refractivity contribution in [2.24, 2.45) is 5.73 Å². The van der Waals surface area contributed by atoms with Crippen molar-refractivity contribution in [1.29, 1.82) is 0 Å². The lowest BCUT2D eigenvalue weighted by Crippen LogP contribution is -2.41. The number of rotatable bonds is 9. The van der Waals surface area contributed by atoms with Gasteiger partial charge in [-0.15, -0.1) is 24.8 Å². The van der Waals surface area contributed by atoms with E-state index in [4.69, 9.17) is 5.73 Å². The van der Waals surface area contributed by atoms with Crippen molar-refractivity contribution in [2.75, 3.05) is 30.4 Å². The van der Waals surface area contributed by atoms with Crippen LogP contribution in [0.2, 0.25) is 0 Å². The number of nitrogens with one attached hydrogen (secondary N) is 2. The van der Waals surface area contributed by atoms with Gasteiger partial charge < -0.3 is 16.4 Å². The van der Waals surface area contributed by atoms with Crippen molar-refractivity contribution < 1.29 is 4.79 Å². The lowest BCUT2D eigenvalue weighted by Gasteiger charge is -2.11. The fraction of sp³-hybridized carbons (Fsp3) is 0.571. The summed E-state index contributed by atoms with van der Waals surface area (Å²) in [7, 11) is 0. The highest BCUT2D eigenvalue weighted by Gasteiger charge is 2.11. The van der Waals surface area contributed by atoms with Crippen LogP contribution in [0.4, 0.5) is 5.82 Å². The van der Waals surface area contributed by atoms with E-state index in [9.17, 15) is 4.79 Å². The zero-order valence-electron chi connectivity index (χ0n) is 13.0. The van der Waals surface area contributed by atoms with Crippen LogP contribution in [-0.4, -0.2) is 42.0 Å². The molecule has 0 saturated carbocycles. The Hall–Kier alpha value is -0.690. The van der Waals surface area contributed by atoms with Crippen LogP contribution >= 0.6 is 36.6 Å². The molecule has 128 valence electrons. The second-order valence-electron chi connectivity index (χ2n) is 4.68. The smallest absolute Gasteiger partial charge is 0.236 e. The molecule has 0 aliphatic carbocycles. The maximum atomic E-state index is 11.6. The lowest BCUT2D eigenvalue weighted by atomic mass is 10.2. The van der Waals surface area contributed by atoms with E-state index < -0.39 is 6.04 Å². The molecular weight excluding hydrogens is 343 g/mol. The molecule has 1 atom stereocenters. The van der Waals surface area contributed by atoms with Crippen LogP contribution in [0.1, 0.15) is 18.4 Å². The van der Waals surface area contributed by atoms with E-state index in [1.54, 1.807) is 11.8 Å². The van der Waals surface area contributed by atoms with Gasteiger partial charge in [0.05, 0.1) is 6.04 Å². The number of nitrogens with two attached hydrogens (primary N) is 1. The van der Waals surface area contributed by atoms with E-state index in [1.165, 1.54) is 0 Å². The molecule has 0 aromatic carbocycles. The predicted molar refractivity (Wildman–Crippen MR) is 101 cm³/mol.